The molecule has 0 radical (unpaired) electrons. The fraction of sp³-hybridized carbons (Fsp3) is 0.417. The highest BCUT2D eigenvalue weighted by Crippen LogP contribution is 2.19. The molecule has 1 aromatic carbocycles. The van der Waals surface area contributed by atoms with Crippen LogP contribution in [-0.2, 0) is 9.63 Å². The lowest BCUT2D eigenvalue weighted by atomic mass is 9.98. The van der Waals surface area contributed by atoms with Crippen LogP contribution in [0.5, 0.6) is 0 Å². The predicted molar refractivity (Wildman–Crippen MR) is 59.3 cm³/mol. The maximum absolute atomic E-state index is 11.6. The summed E-state index contributed by atoms with van der Waals surface area (Å²) in [6, 6.07) is 10.0. The maximum atomic E-state index is 11.6. The fourth-order valence-electron chi connectivity index (χ4n) is 1.39. The minimum atomic E-state index is -0.00569. The number of hydroxylamine groups is 2. The molecule has 1 amide bonds. The lowest BCUT2D eigenvalue weighted by molar-refractivity contribution is -0.169. The normalized spacial score (nSPS) is 12.2. The van der Waals surface area contributed by atoms with Gasteiger partial charge in [-0.05, 0) is 11.5 Å². The average Bonchev–Trinajstić information content (AvgIpc) is 2.29. The molecule has 0 aliphatic carbocycles. The van der Waals surface area contributed by atoms with Crippen LogP contribution in [0.4, 0.5) is 0 Å². The topological polar surface area (TPSA) is 29.5 Å². The van der Waals surface area contributed by atoms with E-state index in [2.05, 4.69) is 0 Å². The van der Waals surface area contributed by atoms with Gasteiger partial charge in [-0.1, -0.05) is 37.3 Å². The molecule has 0 N–H and O–H groups in total. The molecule has 0 aromatic heterocycles. The first-order valence-electron chi connectivity index (χ1n) is 5.00. The van der Waals surface area contributed by atoms with Crippen LogP contribution in [0, 0.1) is 0 Å². The number of benzene rings is 1. The number of rotatable bonds is 4. The van der Waals surface area contributed by atoms with Gasteiger partial charge in [0.15, 0.2) is 0 Å². The maximum Gasteiger partial charge on any atom is 0.246 e. The molecule has 1 aromatic rings. The third-order valence-electron chi connectivity index (χ3n) is 2.47. The number of amides is 1. The number of hydrogen-bond acceptors (Lipinski definition) is 2. The second-order valence-electron chi connectivity index (χ2n) is 3.59. The Bertz CT molecular complexity index is 311. The molecular weight excluding hydrogens is 190 g/mol. The Morgan fingerprint density at radius 2 is 2.00 bits per heavy atom. The Labute approximate surface area is 90.6 Å². The number of hydrogen-bond donors (Lipinski definition) is 0. The Morgan fingerprint density at radius 1 is 1.40 bits per heavy atom. The van der Waals surface area contributed by atoms with Gasteiger partial charge in [-0.15, -0.1) is 0 Å². The molecule has 0 bridgehead atoms. The van der Waals surface area contributed by atoms with Gasteiger partial charge in [-0.25, -0.2) is 5.06 Å². The number of nitrogens with zero attached hydrogens (tertiary/aromatic N) is 1. The van der Waals surface area contributed by atoms with Crippen molar-refractivity contribution in [1.82, 2.24) is 5.06 Å². The minimum Gasteiger partial charge on any atom is -0.275 e. The average molecular weight is 207 g/mol. The van der Waals surface area contributed by atoms with E-state index in [9.17, 15) is 4.79 Å². The monoisotopic (exact) mass is 207 g/mol. The van der Waals surface area contributed by atoms with Crippen LogP contribution in [-0.4, -0.2) is 25.1 Å². The van der Waals surface area contributed by atoms with Crippen molar-refractivity contribution in [2.75, 3.05) is 14.2 Å². The zero-order chi connectivity index (χ0) is 11.3. The summed E-state index contributed by atoms with van der Waals surface area (Å²) < 4.78 is 0. The van der Waals surface area contributed by atoms with Crippen LogP contribution in [0.2, 0.25) is 0 Å². The van der Waals surface area contributed by atoms with Crippen LogP contribution < -0.4 is 0 Å². The molecule has 1 atom stereocenters. The van der Waals surface area contributed by atoms with Gasteiger partial charge < -0.3 is 0 Å². The first-order chi connectivity index (χ1) is 7.15. The predicted octanol–water partition coefficient (Wildman–Crippen LogP) is 2.20. The van der Waals surface area contributed by atoms with E-state index in [0.29, 0.717) is 6.42 Å². The molecule has 0 saturated heterocycles. The summed E-state index contributed by atoms with van der Waals surface area (Å²) in [5, 5.41) is 1.26. The summed E-state index contributed by atoms with van der Waals surface area (Å²) in [5.41, 5.74) is 1.18. The third-order valence-corrected chi connectivity index (χ3v) is 2.47. The van der Waals surface area contributed by atoms with E-state index in [1.165, 1.54) is 17.7 Å². The summed E-state index contributed by atoms with van der Waals surface area (Å²) in [4.78, 5) is 16.4. The van der Waals surface area contributed by atoms with E-state index in [1.807, 2.05) is 37.3 Å². The first kappa shape index (κ1) is 11.7. The van der Waals surface area contributed by atoms with Gasteiger partial charge in [0.1, 0.15) is 0 Å². The van der Waals surface area contributed by atoms with Crippen molar-refractivity contribution in [3.8, 4) is 0 Å². The van der Waals surface area contributed by atoms with Gasteiger partial charge in [0.05, 0.1) is 7.11 Å². The van der Waals surface area contributed by atoms with Gasteiger partial charge in [0.25, 0.3) is 0 Å². The van der Waals surface area contributed by atoms with Gasteiger partial charge in [-0.2, -0.15) is 0 Å². The van der Waals surface area contributed by atoms with Gasteiger partial charge in [-0.3, -0.25) is 9.63 Å². The van der Waals surface area contributed by atoms with Gasteiger partial charge in [0, 0.05) is 13.5 Å². The highest BCUT2D eigenvalue weighted by atomic mass is 16.7. The molecule has 0 heterocycles. The SMILES string of the molecule is CON(C)C(=O)CC(C)c1ccccc1. The lowest BCUT2D eigenvalue weighted by Gasteiger charge is -2.17. The van der Waals surface area contributed by atoms with Crippen molar-refractivity contribution in [3.05, 3.63) is 35.9 Å². The van der Waals surface area contributed by atoms with Crippen LogP contribution in [0.15, 0.2) is 30.3 Å². The zero-order valence-corrected chi connectivity index (χ0v) is 9.43. The highest BCUT2D eigenvalue weighted by molar-refractivity contribution is 5.75. The van der Waals surface area contributed by atoms with E-state index < -0.39 is 0 Å². The Balaban J connectivity index is 2.56. The van der Waals surface area contributed by atoms with Crippen LogP contribution in [0.1, 0.15) is 24.8 Å². The summed E-state index contributed by atoms with van der Waals surface area (Å²) in [6.45, 7) is 2.04. The quantitative estimate of drug-likeness (QED) is 0.708. The second-order valence-corrected chi connectivity index (χ2v) is 3.59. The molecule has 0 aliphatic heterocycles. The first-order valence-corrected chi connectivity index (χ1v) is 5.00. The van der Waals surface area contributed by atoms with E-state index >= 15 is 0 Å². The molecular formula is C12H17NO2. The van der Waals surface area contributed by atoms with Crippen molar-refractivity contribution in [3.63, 3.8) is 0 Å². The lowest BCUT2D eigenvalue weighted by Crippen LogP contribution is -2.26. The fourth-order valence-corrected chi connectivity index (χ4v) is 1.39. The molecule has 1 unspecified atom stereocenters. The molecule has 82 valence electrons. The zero-order valence-electron chi connectivity index (χ0n) is 9.43. The number of carbonyl (C=O) groups is 1. The van der Waals surface area contributed by atoms with Crippen molar-refractivity contribution >= 4 is 5.91 Å². The van der Waals surface area contributed by atoms with E-state index in [4.69, 9.17) is 4.84 Å². The van der Waals surface area contributed by atoms with Gasteiger partial charge in [0.2, 0.25) is 5.91 Å². The number of carbonyl (C=O) groups excluding carboxylic acids is 1. The Hall–Kier alpha value is -1.35. The minimum absolute atomic E-state index is 0.00569. The van der Waals surface area contributed by atoms with Crippen LogP contribution in [0.25, 0.3) is 0 Å². The smallest absolute Gasteiger partial charge is 0.246 e. The molecule has 0 saturated carbocycles. The Kier molecular flexibility index (Phi) is 4.31. The van der Waals surface area contributed by atoms with Crippen molar-refractivity contribution in [2.45, 2.75) is 19.3 Å². The second kappa shape index (κ2) is 5.51. The van der Waals surface area contributed by atoms with Crippen LogP contribution >= 0.6 is 0 Å². The molecule has 3 heteroatoms. The van der Waals surface area contributed by atoms with E-state index in [0.717, 1.165) is 0 Å². The van der Waals surface area contributed by atoms with Crippen molar-refractivity contribution in [2.24, 2.45) is 0 Å². The molecule has 0 fully saturated rings. The molecule has 3 nitrogen and oxygen atoms in total. The van der Waals surface area contributed by atoms with Crippen molar-refractivity contribution < 1.29 is 9.63 Å². The Morgan fingerprint density at radius 3 is 2.53 bits per heavy atom. The summed E-state index contributed by atoms with van der Waals surface area (Å²) in [6.07, 6.45) is 0.467. The van der Waals surface area contributed by atoms with E-state index in [1.54, 1.807) is 7.05 Å². The summed E-state index contributed by atoms with van der Waals surface area (Å²) >= 11 is 0. The highest BCUT2D eigenvalue weighted by Gasteiger charge is 2.14. The van der Waals surface area contributed by atoms with E-state index in [-0.39, 0.29) is 11.8 Å². The van der Waals surface area contributed by atoms with Gasteiger partial charge >= 0.3 is 0 Å². The largest absolute Gasteiger partial charge is 0.275 e. The third kappa shape index (κ3) is 3.36. The standard InChI is InChI=1S/C12H17NO2/c1-10(9-12(14)13(2)15-3)11-7-5-4-6-8-11/h4-8,10H,9H2,1-3H3. The van der Waals surface area contributed by atoms with Crippen LogP contribution in [0.3, 0.4) is 0 Å². The molecule has 1 rings (SSSR count). The van der Waals surface area contributed by atoms with Crippen molar-refractivity contribution in [1.29, 1.82) is 0 Å². The molecule has 0 aliphatic rings. The summed E-state index contributed by atoms with van der Waals surface area (Å²) in [7, 11) is 3.12. The summed E-state index contributed by atoms with van der Waals surface area (Å²) in [5.74, 6) is 0.213. The molecule has 15 heavy (non-hydrogen) atoms. The molecule has 0 spiro atoms.